The van der Waals surface area contributed by atoms with Crippen LogP contribution in [-0.4, -0.2) is 16.2 Å². The summed E-state index contributed by atoms with van der Waals surface area (Å²) >= 11 is 0. The molecule has 0 bridgehead atoms. The number of alkyl halides is 3. The number of carboxylic acid groups (broad SMARTS) is 1. The summed E-state index contributed by atoms with van der Waals surface area (Å²) < 4.78 is 38.1. The fourth-order valence-electron chi connectivity index (χ4n) is 2.16. The molecule has 0 saturated carbocycles. The molecule has 0 radical (unpaired) electrons. The molecular formula is C16H13F3O3. The van der Waals surface area contributed by atoms with Gasteiger partial charge in [-0.15, -0.1) is 0 Å². The lowest BCUT2D eigenvalue weighted by atomic mass is 9.91. The summed E-state index contributed by atoms with van der Waals surface area (Å²) in [6, 6.07) is 10.2. The molecule has 0 heterocycles. The Bertz CT molecular complexity index is 663. The highest BCUT2D eigenvalue weighted by Crippen LogP contribution is 2.31. The Morgan fingerprint density at radius 1 is 1.09 bits per heavy atom. The van der Waals surface area contributed by atoms with E-state index in [1.807, 2.05) is 0 Å². The van der Waals surface area contributed by atoms with Gasteiger partial charge in [0.15, 0.2) is 0 Å². The Morgan fingerprint density at radius 3 is 2.27 bits per heavy atom. The number of rotatable bonds is 4. The summed E-state index contributed by atoms with van der Waals surface area (Å²) in [6.45, 7) is 0. The first-order valence-electron chi connectivity index (χ1n) is 6.45. The monoisotopic (exact) mass is 310 g/mol. The molecule has 6 heteroatoms. The minimum Gasteiger partial charge on any atom is -0.508 e. The topological polar surface area (TPSA) is 57.5 Å². The van der Waals surface area contributed by atoms with Crippen molar-refractivity contribution in [2.45, 2.75) is 18.5 Å². The number of benzene rings is 2. The predicted molar refractivity (Wildman–Crippen MR) is 73.6 cm³/mol. The van der Waals surface area contributed by atoms with Gasteiger partial charge in [-0.2, -0.15) is 13.2 Å². The Hall–Kier alpha value is -2.50. The van der Waals surface area contributed by atoms with Crippen molar-refractivity contribution in [1.82, 2.24) is 0 Å². The van der Waals surface area contributed by atoms with Crippen LogP contribution in [0.2, 0.25) is 0 Å². The molecule has 22 heavy (non-hydrogen) atoms. The Balaban J connectivity index is 2.29. The molecule has 0 fully saturated rings. The van der Waals surface area contributed by atoms with Crippen molar-refractivity contribution in [3.05, 3.63) is 65.2 Å². The number of phenols is 1. The highest BCUT2D eigenvalue weighted by molar-refractivity contribution is 5.76. The first-order chi connectivity index (χ1) is 10.3. The molecule has 0 aliphatic rings. The van der Waals surface area contributed by atoms with Gasteiger partial charge < -0.3 is 10.2 Å². The fraction of sp³-hybridized carbons (Fsp3) is 0.188. The van der Waals surface area contributed by atoms with Gasteiger partial charge in [-0.3, -0.25) is 4.79 Å². The lowest BCUT2D eigenvalue weighted by Crippen LogP contribution is -2.15. The van der Waals surface area contributed by atoms with Crippen LogP contribution in [0.25, 0.3) is 0 Å². The third-order valence-electron chi connectivity index (χ3n) is 3.29. The standard InChI is InChI=1S/C16H13F3O3/c17-16(18,19)12-3-1-2-10(8-12)9-14(15(21)22)11-4-6-13(20)7-5-11/h1-8,14,20H,9H2,(H,21,22). The number of aliphatic carboxylic acids is 1. The number of hydrogen-bond donors (Lipinski definition) is 2. The molecule has 2 rings (SSSR count). The minimum atomic E-state index is -4.47. The smallest absolute Gasteiger partial charge is 0.416 e. The van der Waals surface area contributed by atoms with Gasteiger partial charge in [0.05, 0.1) is 11.5 Å². The first kappa shape index (κ1) is 15.9. The molecule has 0 saturated heterocycles. The lowest BCUT2D eigenvalue weighted by Gasteiger charge is -2.14. The Morgan fingerprint density at radius 2 is 1.73 bits per heavy atom. The SMILES string of the molecule is O=C(O)C(Cc1cccc(C(F)(F)F)c1)c1ccc(O)cc1. The molecule has 0 amide bonds. The van der Waals surface area contributed by atoms with E-state index in [4.69, 9.17) is 0 Å². The largest absolute Gasteiger partial charge is 0.508 e. The van der Waals surface area contributed by atoms with Crippen molar-refractivity contribution in [3.8, 4) is 5.75 Å². The van der Waals surface area contributed by atoms with Gasteiger partial charge in [-0.25, -0.2) is 0 Å². The molecule has 116 valence electrons. The van der Waals surface area contributed by atoms with E-state index in [0.717, 1.165) is 12.1 Å². The van der Waals surface area contributed by atoms with Crippen LogP contribution in [0.5, 0.6) is 5.75 Å². The average molecular weight is 310 g/mol. The van der Waals surface area contributed by atoms with E-state index in [1.165, 1.54) is 36.4 Å². The quantitative estimate of drug-likeness (QED) is 0.902. The van der Waals surface area contributed by atoms with Crippen molar-refractivity contribution in [2.24, 2.45) is 0 Å². The minimum absolute atomic E-state index is 0.00745. The first-order valence-corrected chi connectivity index (χ1v) is 6.45. The van der Waals surface area contributed by atoms with Gasteiger partial charge in [0.2, 0.25) is 0 Å². The molecule has 0 aliphatic carbocycles. The van der Waals surface area contributed by atoms with Crippen LogP contribution in [0, 0.1) is 0 Å². The molecular weight excluding hydrogens is 297 g/mol. The van der Waals surface area contributed by atoms with Crippen LogP contribution in [0.3, 0.4) is 0 Å². The lowest BCUT2D eigenvalue weighted by molar-refractivity contribution is -0.138. The van der Waals surface area contributed by atoms with Gasteiger partial charge in [0.1, 0.15) is 5.75 Å². The molecule has 3 nitrogen and oxygen atoms in total. The molecule has 0 aromatic heterocycles. The van der Waals surface area contributed by atoms with E-state index in [1.54, 1.807) is 0 Å². The summed E-state index contributed by atoms with van der Waals surface area (Å²) in [5, 5.41) is 18.5. The zero-order chi connectivity index (χ0) is 16.3. The summed E-state index contributed by atoms with van der Waals surface area (Å²) in [5.41, 5.74) is -0.0992. The summed E-state index contributed by atoms with van der Waals surface area (Å²) in [5.74, 6) is -2.13. The zero-order valence-corrected chi connectivity index (χ0v) is 11.3. The highest BCUT2D eigenvalue weighted by atomic mass is 19.4. The van der Waals surface area contributed by atoms with E-state index in [-0.39, 0.29) is 17.7 Å². The maximum Gasteiger partial charge on any atom is 0.416 e. The third-order valence-corrected chi connectivity index (χ3v) is 3.29. The van der Waals surface area contributed by atoms with Gasteiger partial charge in [0, 0.05) is 0 Å². The Kier molecular flexibility index (Phi) is 4.40. The second kappa shape index (κ2) is 6.09. The van der Waals surface area contributed by atoms with Crippen molar-refractivity contribution >= 4 is 5.97 Å². The van der Waals surface area contributed by atoms with Gasteiger partial charge in [-0.1, -0.05) is 30.3 Å². The van der Waals surface area contributed by atoms with Crippen LogP contribution in [0.1, 0.15) is 22.6 Å². The molecule has 1 atom stereocenters. The van der Waals surface area contributed by atoms with Crippen molar-refractivity contribution in [2.75, 3.05) is 0 Å². The number of halogens is 3. The normalized spacial score (nSPS) is 12.9. The van der Waals surface area contributed by atoms with E-state index in [9.17, 15) is 28.2 Å². The van der Waals surface area contributed by atoms with Crippen molar-refractivity contribution < 1.29 is 28.2 Å². The van der Waals surface area contributed by atoms with Gasteiger partial charge in [-0.05, 0) is 35.7 Å². The predicted octanol–water partition coefficient (Wildman–Crippen LogP) is 3.82. The number of aromatic hydroxyl groups is 1. The fourth-order valence-corrected chi connectivity index (χ4v) is 2.16. The summed E-state index contributed by atoms with van der Waals surface area (Å²) in [7, 11) is 0. The molecule has 2 N–H and O–H groups in total. The van der Waals surface area contributed by atoms with Crippen LogP contribution < -0.4 is 0 Å². The van der Waals surface area contributed by atoms with Crippen molar-refractivity contribution in [1.29, 1.82) is 0 Å². The van der Waals surface area contributed by atoms with E-state index in [2.05, 4.69) is 0 Å². The maximum atomic E-state index is 12.7. The van der Waals surface area contributed by atoms with Crippen LogP contribution in [0.15, 0.2) is 48.5 Å². The molecule has 2 aromatic carbocycles. The number of carboxylic acids is 1. The van der Waals surface area contributed by atoms with Crippen LogP contribution in [0.4, 0.5) is 13.2 Å². The van der Waals surface area contributed by atoms with Gasteiger partial charge in [0.25, 0.3) is 0 Å². The third kappa shape index (κ3) is 3.78. The Labute approximate surface area is 124 Å². The van der Waals surface area contributed by atoms with E-state index in [0.29, 0.717) is 5.56 Å². The van der Waals surface area contributed by atoms with Gasteiger partial charge >= 0.3 is 12.1 Å². The number of phenolic OH excluding ortho intramolecular Hbond substituents is 1. The maximum absolute atomic E-state index is 12.7. The number of hydrogen-bond acceptors (Lipinski definition) is 2. The highest BCUT2D eigenvalue weighted by Gasteiger charge is 2.31. The van der Waals surface area contributed by atoms with E-state index >= 15 is 0 Å². The summed E-state index contributed by atoms with van der Waals surface area (Å²) in [4.78, 5) is 11.4. The second-order valence-corrected chi connectivity index (χ2v) is 4.88. The molecule has 0 aliphatic heterocycles. The second-order valence-electron chi connectivity index (χ2n) is 4.88. The molecule has 0 spiro atoms. The van der Waals surface area contributed by atoms with Crippen LogP contribution >= 0.6 is 0 Å². The molecule has 1 unspecified atom stereocenters. The van der Waals surface area contributed by atoms with Crippen LogP contribution in [-0.2, 0) is 17.4 Å². The van der Waals surface area contributed by atoms with Crippen molar-refractivity contribution in [3.63, 3.8) is 0 Å². The number of carbonyl (C=O) groups is 1. The zero-order valence-electron chi connectivity index (χ0n) is 11.3. The average Bonchev–Trinajstić information content (AvgIpc) is 2.45. The van der Waals surface area contributed by atoms with E-state index < -0.39 is 23.6 Å². The molecule has 2 aromatic rings. The summed E-state index contributed by atoms with van der Waals surface area (Å²) in [6.07, 6.45) is -4.53.